The van der Waals surface area contributed by atoms with Gasteiger partial charge >= 0.3 is 0 Å². The monoisotopic (exact) mass is 456 g/mol. The lowest BCUT2D eigenvalue weighted by Gasteiger charge is -2.08. The fraction of sp³-hybridized carbons (Fsp3) is 0.176. The Kier molecular flexibility index (Phi) is 4.26. The van der Waals surface area contributed by atoms with Crippen LogP contribution in [0, 0.1) is 32.4 Å². The minimum Gasteiger partial charge on any atom is -0.203 e. The second kappa shape index (κ2) is 6.19. The second-order valence-electron chi connectivity index (χ2n) is 5.76. The summed E-state index contributed by atoms with van der Waals surface area (Å²) in [6.45, 7) is 5.84. The van der Waals surface area contributed by atoms with Crippen molar-refractivity contribution in [2.75, 3.05) is 0 Å². The fourth-order valence-corrected chi connectivity index (χ4v) is 5.88. The summed E-state index contributed by atoms with van der Waals surface area (Å²) in [6, 6.07) is 3.71. The molecule has 0 saturated heterocycles. The first-order valence-corrected chi connectivity index (χ1v) is 10.5. The van der Waals surface area contributed by atoms with Gasteiger partial charge in [0.05, 0.1) is 26.6 Å². The van der Waals surface area contributed by atoms with Crippen LogP contribution in [-0.4, -0.2) is 8.75 Å². The molecule has 0 fully saturated rings. The van der Waals surface area contributed by atoms with E-state index in [1.165, 1.54) is 22.7 Å². The van der Waals surface area contributed by atoms with Crippen molar-refractivity contribution in [1.82, 2.24) is 8.75 Å². The van der Waals surface area contributed by atoms with Crippen molar-refractivity contribution in [3.05, 3.63) is 43.6 Å². The summed E-state index contributed by atoms with van der Waals surface area (Å²) in [5.74, 6) is -1.73. The molecule has 8 heteroatoms. The molecular formula is C17H11BrF2N2S3. The molecule has 0 aliphatic carbocycles. The van der Waals surface area contributed by atoms with Crippen molar-refractivity contribution >= 4 is 61.4 Å². The molecule has 3 aromatic heterocycles. The van der Waals surface area contributed by atoms with E-state index in [9.17, 15) is 0 Å². The Morgan fingerprint density at radius 2 is 1.36 bits per heavy atom. The molecule has 0 aliphatic rings. The Hall–Kier alpha value is -1.22. The van der Waals surface area contributed by atoms with Crippen molar-refractivity contribution in [2.45, 2.75) is 20.8 Å². The number of fused-ring (bicyclic) bond motifs is 1. The third-order valence-corrected chi connectivity index (χ3v) is 7.96. The third kappa shape index (κ3) is 2.66. The molecule has 0 radical (unpaired) electrons. The first kappa shape index (κ1) is 17.2. The fourth-order valence-electron chi connectivity index (χ4n) is 2.67. The lowest BCUT2D eigenvalue weighted by molar-refractivity contribution is 0.516. The van der Waals surface area contributed by atoms with Gasteiger partial charge in [-0.05, 0) is 60.0 Å². The number of rotatable bonds is 2. The maximum Gasteiger partial charge on any atom is 0.170 e. The van der Waals surface area contributed by atoms with Gasteiger partial charge in [0.2, 0.25) is 0 Å². The zero-order valence-electron chi connectivity index (χ0n) is 13.4. The van der Waals surface area contributed by atoms with Gasteiger partial charge in [-0.2, -0.15) is 8.75 Å². The summed E-state index contributed by atoms with van der Waals surface area (Å²) in [7, 11) is 0. The predicted molar refractivity (Wildman–Crippen MR) is 106 cm³/mol. The first-order chi connectivity index (χ1) is 11.9. The van der Waals surface area contributed by atoms with E-state index in [4.69, 9.17) is 0 Å². The molecule has 1 aromatic carbocycles. The van der Waals surface area contributed by atoms with Gasteiger partial charge in [0.1, 0.15) is 11.0 Å². The van der Waals surface area contributed by atoms with Crippen LogP contribution in [0.2, 0.25) is 0 Å². The quantitative estimate of drug-likeness (QED) is 0.321. The van der Waals surface area contributed by atoms with Crippen molar-refractivity contribution in [1.29, 1.82) is 0 Å². The minimum absolute atomic E-state index is 0.189. The van der Waals surface area contributed by atoms with E-state index in [-0.39, 0.29) is 11.1 Å². The van der Waals surface area contributed by atoms with E-state index in [1.54, 1.807) is 0 Å². The molecule has 4 aromatic rings. The van der Waals surface area contributed by atoms with Crippen LogP contribution >= 0.6 is 50.3 Å². The largest absolute Gasteiger partial charge is 0.203 e. The molecule has 0 unspecified atom stereocenters. The van der Waals surface area contributed by atoms with Gasteiger partial charge in [0.25, 0.3) is 0 Å². The molecule has 0 N–H and O–H groups in total. The van der Waals surface area contributed by atoms with Crippen LogP contribution in [0.4, 0.5) is 8.78 Å². The highest BCUT2D eigenvalue weighted by molar-refractivity contribution is 9.11. The summed E-state index contributed by atoms with van der Waals surface area (Å²) in [4.78, 5) is 2.40. The van der Waals surface area contributed by atoms with Crippen LogP contribution in [-0.2, 0) is 0 Å². The van der Waals surface area contributed by atoms with Crippen LogP contribution < -0.4 is 0 Å². The summed E-state index contributed by atoms with van der Waals surface area (Å²) in [5, 5.41) is 0. The number of aryl methyl sites for hydroxylation is 3. The minimum atomic E-state index is -0.868. The highest BCUT2D eigenvalue weighted by Crippen LogP contribution is 2.44. The highest BCUT2D eigenvalue weighted by Gasteiger charge is 2.27. The van der Waals surface area contributed by atoms with Crippen LogP contribution in [0.25, 0.3) is 31.9 Å². The van der Waals surface area contributed by atoms with Crippen molar-refractivity contribution < 1.29 is 8.78 Å². The van der Waals surface area contributed by atoms with Gasteiger partial charge in [-0.3, -0.25) is 0 Å². The van der Waals surface area contributed by atoms with Crippen molar-refractivity contribution in [3.8, 4) is 20.9 Å². The number of hydrogen-bond acceptors (Lipinski definition) is 5. The Bertz CT molecular complexity index is 1000. The normalized spacial score (nSPS) is 11.6. The number of aromatic nitrogens is 2. The average molecular weight is 457 g/mol. The van der Waals surface area contributed by atoms with E-state index in [0.717, 1.165) is 31.5 Å². The molecule has 3 heterocycles. The molecule has 2 nitrogen and oxygen atoms in total. The van der Waals surface area contributed by atoms with Crippen molar-refractivity contribution in [2.24, 2.45) is 0 Å². The van der Waals surface area contributed by atoms with Gasteiger partial charge in [-0.1, -0.05) is 0 Å². The average Bonchev–Trinajstić information content (AvgIpc) is 3.23. The number of halogens is 3. The van der Waals surface area contributed by atoms with Crippen LogP contribution in [0.1, 0.15) is 16.0 Å². The van der Waals surface area contributed by atoms with E-state index in [2.05, 4.69) is 24.7 Å². The van der Waals surface area contributed by atoms with E-state index < -0.39 is 11.6 Å². The lowest BCUT2D eigenvalue weighted by atomic mass is 10.0. The molecule has 128 valence electrons. The summed E-state index contributed by atoms with van der Waals surface area (Å²) in [6.07, 6.45) is 0. The molecule has 0 bridgehead atoms. The number of benzene rings is 1. The highest BCUT2D eigenvalue weighted by atomic mass is 79.9. The van der Waals surface area contributed by atoms with Gasteiger partial charge in [0.15, 0.2) is 11.6 Å². The lowest BCUT2D eigenvalue weighted by Crippen LogP contribution is -1.95. The third-order valence-electron chi connectivity index (χ3n) is 4.11. The van der Waals surface area contributed by atoms with E-state index in [1.807, 2.05) is 32.9 Å². The van der Waals surface area contributed by atoms with Crippen molar-refractivity contribution in [3.63, 3.8) is 0 Å². The predicted octanol–water partition coefficient (Wildman–Crippen LogP) is 7.11. The van der Waals surface area contributed by atoms with Crippen LogP contribution in [0.3, 0.4) is 0 Å². The smallest absolute Gasteiger partial charge is 0.170 e. The molecule has 0 aliphatic heterocycles. The Balaban J connectivity index is 2.07. The number of hydrogen-bond donors (Lipinski definition) is 0. The number of thiophene rings is 2. The van der Waals surface area contributed by atoms with Gasteiger partial charge in [-0.15, -0.1) is 22.7 Å². The van der Waals surface area contributed by atoms with Gasteiger partial charge in [0, 0.05) is 14.6 Å². The summed E-state index contributed by atoms with van der Waals surface area (Å²) >= 11 is 7.23. The molecule has 4 rings (SSSR count). The number of nitrogens with zero attached hydrogens (tertiary/aromatic N) is 2. The summed E-state index contributed by atoms with van der Waals surface area (Å²) < 4.78 is 39.5. The standard InChI is InChI=1S/C17H11BrF2N2S3/c1-6-4-9(23-8(6)3)11-13(19)14(20)12(16-15(11)21-25-22-16)10-5-7(2)17(18)24-10/h4-5H,1-3H3. The Labute approximate surface area is 163 Å². The van der Waals surface area contributed by atoms with Gasteiger partial charge < -0.3 is 0 Å². The van der Waals surface area contributed by atoms with E-state index >= 15 is 8.78 Å². The molecule has 0 spiro atoms. The van der Waals surface area contributed by atoms with Crippen LogP contribution in [0.15, 0.2) is 15.9 Å². The Morgan fingerprint density at radius 1 is 0.840 bits per heavy atom. The zero-order valence-corrected chi connectivity index (χ0v) is 17.4. The Morgan fingerprint density at radius 3 is 1.80 bits per heavy atom. The van der Waals surface area contributed by atoms with E-state index in [0.29, 0.717) is 20.8 Å². The first-order valence-electron chi connectivity index (χ1n) is 7.35. The second-order valence-corrected chi connectivity index (χ2v) is 9.91. The molecule has 25 heavy (non-hydrogen) atoms. The maximum atomic E-state index is 15.1. The van der Waals surface area contributed by atoms with Gasteiger partial charge in [-0.25, -0.2) is 8.78 Å². The molecule has 0 atom stereocenters. The summed E-state index contributed by atoms with van der Waals surface area (Å²) in [5.41, 5.74) is 3.26. The topological polar surface area (TPSA) is 25.8 Å². The van der Waals surface area contributed by atoms with Crippen LogP contribution in [0.5, 0.6) is 0 Å². The zero-order chi connectivity index (χ0) is 17.9. The maximum absolute atomic E-state index is 15.1. The molecular weight excluding hydrogens is 446 g/mol. The molecule has 0 saturated carbocycles. The molecule has 0 amide bonds. The SMILES string of the molecule is Cc1cc(-c2c(F)c(F)c(-c3cc(C)c(Br)s3)c3nsnc23)sc1C.